The van der Waals surface area contributed by atoms with E-state index in [2.05, 4.69) is 30.5 Å². The Morgan fingerprint density at radius 1 is 1.35 bits per heavy atom. The third-order valence-electron chi connectivity index (χ3n) is 3.99. The molecule has 1 fully saturated rings. The zero-order valence-corrected chi connectivity index (χ0v) is 14.0. The second-order valence-corrected chi connectivity index (χ2v) is 8.33. The van der Waals surface area contributed by atoms with Crippen LogP contribution in [0.25, 0.3) is 0 Å². The Kier molecular flexibility index (Phi) is 5.79. The molecule has 2 rings (SSSR count). The lowest BCUT2D eigenvalue weighted by Gasteiger charge is -2.24. The van der Waals surface area contributed by atoms with Crippen molar-refractivity contribution >= 4 is 23.4 Å². The van der Waals surface area contributed by atoms with Crippen LogP contribution in [-0.2, 0) is 0 Å². The number of hydrogen-bond donors (Lipinski definition) is 1. The highest BCUT2D eigenvalue weighted by Gasteiger charge is 2.23. The molecule has 0 aromatic heterocycles. The van der Waals surface area contributed by atoms with Gasteiger partial charge in [0.1, 0.15) is 0 Å². The summed E-state index contributed by atoms with van der Waals surface area (Å²) in [6.07, 6.45) is 2.22. The number of rotatable bonds is 4. The molecular formula is C16H25ClN2S. The minimum Gasteiger partial charge on any atom is -0.324 e. The Morgan fingerprint density at radius 2 is 2.10 bits per heavy atom. The molecule has 0 saturated carbocycles. The second kappa shape index (κ2) is 7.17. The van der Waals surface area contributed by atoms with Crippen molar-refractivity contribution in [1.82, 2.24) is 4.90 Å². The summed E-state index contributed by atoms with van der Waals surface area (Å²) in [5.41, 5.74) is 7.36. The molecule has 2 nitrogen and oxygen atoms in total. The van der Waals surface area contributed by atoms with E-state index < -0.39 is 0 Å². The quantitative estimate of drug-likeness (QED) is 0.913. The van der Waals surface area contributed by atoms with Crippen LogP contribution in [0.3, 0.4) is 0 Å². The minimum absolute atomic E-state index is 0.0348. The molecule has 1 aromatic carbocycles. The van der Waals surface area contributed by atoms with Gasteiger partial charge in [-0.05, 0) is 37.6 Å². The minimum atomic E-state index is 0.0348. The standard InChI is InChI=1S/C16H25ClN2S/c1-16(2)8-10-19(11-12-20-16)9-7-15(18)13-5-3-4-6-14(13)17/h3-6,15H,7-12,18H2,1-2H3. The third kappa shape index (κ3) is 4.66. The van der Waals surface area contributed by atoms with Gasteiger partial charge < -0.3 is 10.6 Å². The van der Waals surface area contributed by atoms with E-state index in [0.717, 1.165) is 23.6 Å². The maximum absolute atomic E-state index is 6.29. The third-order valence-corrected chi connectivity index (χ3v) is 5.71. The molecule has 4 heteroatoms. The summed E-state index contributed by atoms with van der Waals surface area (Å²) in [5.74, 6) is 1.22. The van der Waals surface area contributed by atoms with Crippen LogP contribution in [0.4, 0.5) is 0 Å². The van der Waals surface area contributed by atoms with Crippen LogP contribution in [0.1, 0.15) is 38.3 Å². The number of hydrogen-bond acceptors (Lipinski definition) is 3. The largest absolute Gasteiger partial charge is 0.324 e. The zero-order chi connectivity index (χ0) is 14.6. The predicted molar refractivity (Wildman–Crippen MR) is 90.6 cm³/mol. The van der Waals surface area contributed by atoms with Gasteiger partial charge in [-0.1, -0.05) is 43.6 Å². The molecular weight excluding hydrogens is 288 g/mol. The van der Waals surface area contributed by atoms with Gasteiger partial charge in [-0.15, -0.1) is 0 Å². The average Bonchev–Trinajstić information content (AvgIpc) is 2.57. The first-order valence-electron chi connectivity index (χ1n) is 7.34. The highest BCUT2D eigenvalue weighted by Crippen LogP contribution is 2.31. The van der Waals surface area contributed by atoms with E-state index in [9.17, 15) is 0 Å². The maximum atomic E-state index is 6.29. The fraction of sp³-hybridized carbons (Fsp3) is 0.625. The fourth-order valence-electron chi connectivity index (χ4n) is 2.54. The van der Waals surface area contributed by atoms with E-state index in [4.69, 9.17) is 17.3 Å². The first-order valence-corrected chi connectivity index (χ1v) is 8.71. The Bertz CT molecular complexity index is 436. The summed E-state index contributed by atoms with van der Waals surface area (Å²) in [5, 5.41) is 0.785. The van der Waals surface area contributed by atoms with Crippen LogP contribution >= 0.6 is 23.4 Å². The predicted octanol–water partition coefficient (Wildman–Crippen LogP) is 3.95. The average molecular weight is 313 g/mol. The van der Waals surface area contributed by atoms with Crippen LogP contribution in [0.2, 0.25) is 5.02 Å². The van der Waals surface area contributed by atoms with Crippen molar-refractivity contribution in [1.29, 1.82) is 0 Å². The van der Waals surface area contributed by atoms with E-state index in [0.29, 0.717) is 4.75 Å². The lowest BCUT2D eigenvalue weighted by Crippen LogP contribution is -2.30. The Balaban J connectivity index is 1.84. The van der Waals surface area contributed by atoms with Crippen molar-refractivity contribution in [2.45, 2.75) is 37.5 Å². The highest BCUT2D eigenvalue weighted by atomic mass is 35.5. The molecule has 1 atom stereocenters. The topological polar surface area (TPSA) is 29.3 Å². The first kappa shape index (κ1) is 16.2. The summed E-state index contributed by atoms with van der Waals surface area (Å²) < 4.78 is 0.416. The van der Waals surface area contributed by atoms with Gasteiger partial charge in [0.15, 0.2) is 0 Å². The van der Waals surface area contributed by atoms with Gasteiger partial charge in [-0.2, -0.15) is 11.8 Å². The molecule has 0 spiro atoms. The van der Waals surface area contributed by atoms with E-state index in [1.807, 2.05) is 24.3 Å². The molecule has 1 aromatic rings. The number of thioether (sulfide) groups is 1. The number of benzene rings is 1. The summed E-state index contributed by atoms with van der Waals surface area (Å²) in [4.78, 5) is 2.54. The molecule has 1 heterocycles. The van der Waals surface area contributed by atoms with Crippen LogP contribution in [0, 0.1) is 0 Å². The van der Waals surface area contributed by atoms with Crippen molar-refractivity contribution in [3.63, 3.8) is 0 Å². The summed E-state index contributed by atoms with van der Waals surface area (Å²) in [6, 6.07) is 7.95. The molecule has 1 unspecified atom stereocenters. The van der Waals surface area contributed by atoms with E-state index >= 15 is 0 Å². The van der Waals surface area contributed by atoms with E-state index in [1.54, 1.807) is 0 Å². The zero-order valence-electron chi connectivity index (χ0n) is 12.4. The van der Waals surface area contributed by atoms with Crippen LogP contribution in [0.15, 0.2) is 24.3 Å². The molecule has 0 aliphatic carbocycles. The van der Waals surface area contributed by atoms with Crippen molar-refractivity contribution in [3.8, 4) is 0 Å². The SMILES string of the molecule is CC1(C)CCN(CCC(N)c2ccccc2Cl)CCS1. The Labute approximate surface area is 132 Å². The highest BCUT2D eigenvalue weighted by molar-refractivity contribution is 8.00. The van der Waals surface area contributed by atoms with Gasteiger partial charge in [0.25, 0.3) is 0 Å². The van der Waals surface area contributed by atoms with Crippen LogP contribution < -0.4 is 5.73 Å². The monoisotopic (exact) mass is 312 g/mol. The van der Waals surface area contributed by atoms with Crippen molar-refractivity contribution in [3.05, 3.63) is 34.9 Å². The van der Waals surface area contributed by atoms with Gasteiger partial charge in [0, 0.05) is 28.1 Å². The molecule has 20 heavy (non-hydrogen) atoms. The van der Waals surface area contributed by atoms with Crippen molar-refractivity contribution < 1.29 is 0 Å². The second-order valence-electron chi connectivity index (χ2n) is 6.12. The normalized spacial score (nSPS) is 21.4. The Hall–Kier alpha value is -0.220. The molecule has 0 bridgehead atoms. The van der Waals surface area contributed by atoms with Crippen LogP contribution in [0.5, 0.6) is 0 Å². The molecule has 1 aliphatic heterocycles. The van der Waals surface area contributed by atoms with Gasteiger partial charge in [-0.25, -0.2) is 0 Å². The van der Waals surface area contributed by atoms with E-state index in [-0.39, 0.29) is 6.04 Å². The summed E-state index contributed by atoms with van der Waals surface area (Å²) in [6.45, 7) is 8.09. The molecule has 1 aliphatic rings. The summed E-state index contributed by atoms with van der Waals surface area (Å²) in [7, 11) is 0. The number of nitrogens with two attached hydrogens (primary N) is 1. The van der Waals surface area contributed by atoms with Crippen LogP contribution in [-0.4, -0.2) is 35.0 Å². The first-order chi connectivity index (χ1) is 9.48. The fourth-order valence-corrected chi connectivity index (χ4v) is 3.95. The molecule has 0 amide bonds. The molecule has 2 N–H and O–H groups in total. The smallest absolute Gasteiger partial charge is 0.0453 e. The van der Waals surface area contributed by atoms with Gasteiger partial charge in [-0.3, -0.25) is 0 Å². The lowest BCUT2D eigenvalue weighted by atomic mass is 10.0. The molecule has 112 valence electrons. The maximum Gasteiger partial charge on any atom is 0.0453 e. The molecule has 0 radical (unpaired) electrons. The van der Waals surface area contributed by atoms with Gasteiger partial charge in [0.2, 0.25) is 0 Å². The number of halogens is 1. The van der Waals surface area contributed by atoms with Gasteiger partial charge >= 0.3 is 0 Å². The van der Waals surface area contributed by atoms with Crippen molar-refractivity contribution in [2.75, 3.05) is 25.4 Å². The molecule has 1 saturated heterocycles. The van der Waals surface area contributed by atoms with Crippen molar-refractivity contribution in [2.24, 2.45) is 5.73 Å². The lowest BCUT2D eigenvalue weighted by molar-refractivity contribution is 0.273. The van der Waals surface area contributed by atoms with E-state index in [1.165, 1.54) is 25.3 Å². The Morgan fingerprint density at radius 3 is 2.85 bits per heavy atom. The number of nitrogens with zero attached hydrogens (tertiary/aromatic N) is 1. The van der Waals surface area contributed by atoms with Gasteiger partial charge in [0.05, 0.1) is 0 Å². The summed E-state index contributed by atoms with van der Waals surface area (Å²) >= 11 is 8.29.